The van der Waals surface area contributed by atoms with Crippen LogP contribution in [0.4, 0.5) is 11.4 Å². The third kappa shape index (κ3) is 5.99. The second kappa shape index (κ2) is 12.7. The molecule has 0 N–H and O–H groups in total. The summed E-state index contributed by atoms with van der Waals surface area (Å²) in [6.07, 6.45) is 4.53. The van der Waals surface area contributed by atoms with E-state index < -0.39 is 5.41 Å². The maximum Gasteiger partial charge on any atom is 0.258 e. The molecule has 5 rings (SSSR count). The molecule has 0 bridgehead atoms. The van der Waals surface area contributed by atoms with Gasteiger partial charge in [-0.2, -0.15) is 5.10 Å². The number of pyridine rings is 1. The molecule has 4 aromatic rings. The fourth-order valence-corrected chi connectivity index (χ4v) is 5.81. The number of fused-ring (bicyclic) bond motifs is 2. The Morgan fingerprint density at radius 1 is 0.955 bits per heavy atom. The van der Waals surface area contributed by atoms with Crippen LogP contribution in [0.5, 0.6) is 5.75 Å². The number of ether oxygens (including phenoxy) is 1. The normalized spacial score (nSPS) is 14.8. The predicted molar refractivity (Wildman–Crippen MR) is 173 cm³/mol. The third-order valence-corrected chi connectivity index (χ3v) is 8.70. The topological polar surface area (TPSA) is 92.9 Å². The Balaban J connectivity index is 1.27. The van der Waals surface area contributed by atoms with E-state index in [2.05, 4.69) is 16.9 Å². The molecule has 3 heterocycles. The number of carbonyl (C=O) groups excluding carboxylic acids is 2. The Bertz CT molecular complexity index is 1740. The summed E-state index contributed by atoms with van der Waals surface area (Å²) in [6.45, 7) is 11.0. The maximum absolute atomic E-state index is 13.2. The van der Waals surface area contributed by atoms with Gasteiger partial charge in [-0.15, -0.1) is 0 Å². The van der Waals surface area contributed by atoms with Crippen molar-refractivity contribution in [1.82, 2.24) is 19.2 Å². The van der Waals surface area contributed by atoms with Crippen LogP contribution in [-0.2, 0) is 29.7 Å². The maximum atomic E-state index is 13.2. The molecule has 1 aliphatic rings. The van der Waals surface area contributed by atoms with Crippen LogP contribution in [0.15, 0.2) is 65.7 Å². The second-order valence-electron chi connectivity index (χ2n) is 11.9. The van der Waals surface area contributed by atoms with Gasteiger partial charge in [-0.25, -0.2) is 0 Å². The van der Waals surface area contributed by atoms with Gasteiger partial charge in [-0.3, -0.25) is 24.0 Å². The van der Waals surface area contributed by atoms with Crippen LogP contribution in [-0.4, -0.2) is 64.4 Å². The Labute approximate surface area is 258 Å². The second-order valence-corrected chi connectivity index (χ2v) is 11.9. The van der Waals surface area contributed by atoms with Gasteiger partial charge in [0, 0.05) is 75.7 Å². The van der Waals surface area contributed by atoms with E-state index in [4.69, 9.17) is 4.74 Å². The van der Waals surface area contributed by atoms with Crippen molar-refractivity contribution in [2.24, 2.45) is 12.5 Å². The van der Waals surface area contributed by atoms with Crippen molar-refractivity contribution in [2.45, 2.75) is 47.2 Å². The first kappa shape index (κ1) is 31.0. The molecule has 1 aliphatic heterocycles. The summed E-state index contributed by atoms with van der Waals surface area (Å²) in [7, 11) is 3.64. The quantitative estimate of drug-likeness (QED) is 0.188. The molecule has 2 aromatic carbocycles. The molecule has 10 nitrogen and oxygen atoms in total. The summed E-state index contributed by atoms with van der Waals surface area (Å²) in [5, 5.41) is 6.08. The molecular formula is C34H42N6O4. The van der Waals surface area contributed by atoms with Crippen molar-refractivity contribution in [3.05, 3.63) is 82.5 Å². The number of nitrogens with zero attached hydrogens (tertiary/aromatic N) is 6. The molecule has 0 aliphatic carbocycles. The molecule has 2 aromatic heterocycles. The Morgan fingerprint density at radius 3 is 2.45 bits per heavy atom. The van der Waals surface area contributed by atoms with Crippen LogP contribution in [0.3, 0.4) is 0 Å². The summed E-state index contributed by atoms with van der Waals surface area (Å²) >= 11 is 0. The van der Waals surface area contributed by atoms with Crippen molar-refractivity contribution < 1.29 is 14.3 Å². The lowest BCUT2D eigenvalue weighted by Crippen LogP contribution is -2.47. The number of aryl methyl sites for hydroxylation is 1. The van der Waals surface area contributed by atoms with Gasteiger partial charge in [0.2, 0.25) is 11.8 Å². The van der Waals surface area contributed by atoms with Crippen molar-refractivity contribution in [3.63, 3.8) is 0 Å². The number of amides is 2. The molecule has 0 saturated carbocycles. The van der Waals surface area contributed by atoms with E-state index in [1.807, 2.05) is 79.6 Å². The monoisotopic (exact) mass is 598 g/mol. The predicted octanol–water partition coefficient (Wildman–Crippen LogP) is 4.37. The first-order valence-electron chi connectivity index (χ1n) is 15.2. The van der Waals surface area contributed by atoms with Crippen LogP contribution in [0, 0.1) is 12.3 Å². The lowest BCUT2D eigenvalue weighted by Gasteiger charge is -2.27. The molecule has 44 heavy (non-hydrogen) atoms. The minimum atomic E-state index is -1.15. The Morgan fingerprint density at radius 2 is 1.73 bits per heavy atom. The van der Waals surface area contributed by atoms with Gasteiger partial charge in [-0.05, 0) is 63.8 Å². The molecule has 0 atom stereocenters. The number of hydrogen-bond donors (Lipinski definition) is 0. The Kier molecular flexibility index (Phi) is 8.92. The highest BCUT2D eigenvalue weighted by atomic mass is 16.5. The molecule has 0 radical (unpaired) electrons. The summed E-state index contributed by atoms with van der Waals surface area (Å²) in [6, 6.07) is 15.2. The van der Waals surface area contributed by atoms with Crippen LogP contribution in [0.2, 0.25) is 0 Å². The summed E-state index contributed by atoms with van der Waals surface area (Å²) in [5.41, 5.74) is 2.48. The van der Waals surface area contributed by atoms with Crippen LogP contribution in [0.1, 0.15) is 38.4 Å². The minimum Gasteiger partial charge on any atom is -0.493 e. The van der Waals surface area contributed by atoms with E-state index in [1.165, 1.54) is 0 Å². The largest absolute Gasteiger partial charge is 0.493 e. The lowest BCUT2D eigenvalue weighted by molar-refractivity contribution is -0.137. The number of rotatable bonds is 11. The first-order valence-corrected chi connectivity index (χ1v) is 15.2. The minimum absolute atomic E-state index is 0.0160. The highest BCUT2D eigenvalue weighted by Crippen LogP contribution is 2.40. The fraction of sp³-hybridized carbons (Fsp3) is 0.412. The molecule has 2 amide bonds. The van der Waals surface area contributed by atoms with Gasteiger partial charge in [0.25, 0.3) is 5.56 Å². The average Bonchev–Trinajstić information content (AvgIpc) is 3.32. The van der Waals surface area contributed by atoms with Crippen molar-refractivity contribution in [3.8, 4) is 5.75 Å². The zero-order valence-electron chi connectivity index (χ0n) is 26.5. The molecule has 0 saturated heterocycles. The number of benzene rings is 2. The SMILES string of the molecule is CCN1C(=O)C(C)(C)C(=O)N(C)c2cc(OCCCN(CCn3ccc4ccccc4c3=O)Cc3cnn(C)c3C)ccc21. The van der Waals surface area contributed by atoms with Gasteiger partial charge in [0.1, 0.15) is 11.2 Å². The fourth-order valence-electron chi connectivity index (χ4n) is 5.81. The standard InChI is InChI=1S/C34H42N6O4/c1-7-40-29-14-13-27(21-30(29)36(5)32(42)34(3,4)33(40)43)44-20-10-16-38(23-26-22-35-37(6)24(26)2)18-19-39-17-15-25-11-8-9-12-28(25)31(39)41/h8-9,11-15,17,21-22H,7,10,16,18-20,23H2,1-6H3. The highest BCUT2D eigenvalue weighted by molar-refractivity contribution is 6.20. The Hall–Kier alpha value is -4.44. The number of aromatic nitrogens is 3. The van der Waals surface area contributed by atoms with Crippen molar-refractivity contribution in [2.75, 3.05) is 43.1 Å². The molecule has 0 spiro atoms. The van der Waals surface area contributed by atoms with E-state index in [1.54, 1.807) is 35.3 Å². The van der Waals surface area contributed by atoms with E-state index in [0.29, 0.717) is 49.9 Å². The first-order chi connectivity index (χ1) is 21.0. The molecule has 232 valence electrons. The summed E-state index contributed by atoms with van der Waals surface area (Å²) in [4.78, 5) is 45.0. The van der Waals surface area contributed by atoms with Gasteiger partial charge in [-0.1, -0.05) is 18.2 Å². The van der Waals surface area contributed by atoms with Crippen LogP contribution < -0.4 is 20.1 Å². The highest BCUT2D eigenvalue weighted by Gasteiger charge is 2.45. The van der Waals surface area contributed by atoms with Gasteiger partial charge >= 0.3 is 0 Å². The average molecular weight is 599 g/mol. The zero-order valence-corrected chi connectivity index (χ0v) is 26.5. The summed E-state index contributed by atoms with van der Waals surface area (Å²) in [5.74, 6) is 0.187. The van der Waals surface area contributed by atoms with Gasteiger partial charge < -0.3 is 19.1 Å². The smallest absolute Gasteiger partial charge is 0.258 e. The molecule has 0 fully saturated rings. The van der Waals surface area contributed by atoms with Gasteiger partial charge in [0.05, 0.1) is 24.2 Å². The lowest BCUT2D eigenvalue weighted by atomic mass is 9.90. The van der Waals surface area contributed by atoms with Crippen LogP contribution in [0.25, 0.3) is 10.8 Å². The molecular weight excluding hydrogens is 556 g/mol. The van der Waals surface area contributed by atoms with Crippen LogP contribution >= 0.6 is 0 Å². The molecule has 0 unspecified atom stereocenters. The van der Waals surface area contributed by atoms with Crippen molar-refractivity contribution in [1.29, 1.82) is 0 Å². The van der Waals surface area contributed by atoms with E-state index in [-0.39, 0.29) is 17.4 Å². The number of carbonyl (C=O) groups is 2. The zero-order chi connectivity index (χ0) is 31.6. The van der Waals surface area contributed by atoms with Gasteiger partial charge in [0.15, 0.2) is 0 Å². The van der Waals surface area contributed by atoms with E-state index >= 15 is 0 Å². The number of anilines is 2. The van der Waals surface area contributed by atoms with E-state index in [0.717, 1.165) is 35.0 Å². The number of hydrogen-bond acceptors (Lipinski definition) is 6. The molecule has 10 heteroatoms. The van der Waals surface area contributed by atoms with E-state index in [9.17, 15) is 14.4 Å². The summed E-state index contributed by atoms with van der Waals surface area (Å²) < 4.78 is 9.82. The third-order valence-electron chi connectivity index (χ3n) is 8.70. The van der Waals surface area contributed by atoms with Crippen molar-refractivity contribution >= 4 is 34.0 Å².